The van der Waals surface area contributed by atoms with E-state index in [2.05, 4.69) is 10.4 Å². The second-order valence-electron chi connectivity index (χ2n) is 5.85. The van der Waals surface area contributed by atoms with E-state index in [4.69, 9.17) is 23.2 Å². The van der Waals surface area contributed by atoms with E-state index >= 15 is 0 Å². The Morgan fingerprint density at radius 1 is 1.29 bits per heavy atom. The van der Waals surface area contributed by atoms with Gasteiger partial charge in [0.25, 0.3) is 0 Å². The molecular formula is C16H14Cl2F3N3. The van der Waals surface area contributed by atoms with Crippen molar-refractivity contribution in [2.75, 3.05) is 12.0 Å². The number of aromatic nitrogens is 1. The van der Waals surface area contributed by atoms with Crippen LogP contribution in [0, 0.1) is 5.92 Å². The fourth-order valence-electron chi connectivity index (χ4n) is 2.62. The number of pyridine rings is 1. The summed E-state index contributed by atoms with van der Waals surface area (Å²) in [5.74, 6) is 0.384. The molecule has 1 aromatic heterocycles. The highest BCUT2D eigenvalue weighted by Gasteiger charge is 2.34. The van der Waals surface area contributed by atoms with Crippen molar-refractivity contribution in [1.82, 2.24) is 9.99 Å². The summed E-state index contributed by atoms with van der Waals surface area (Å²) in [6.45, 7) is 4.66. The predicted octanol–water partition coefficient (Wildman–Crippen LogP) is 5.74. The number of hydrazine groups is 1. The molecule has 128 valence electrons. The van der Waals surface area contributed by atoms with E-state index in [0.717, 1.165) is 11.6 Å². The lowest BCUT2D eigenvalue weighted by molar-refractivity contribution is -0.136. The summed E-state index contributed by atoms with van der Waals surface area (Å²) in [6, 6.07) is 3.61. The second-order valence-corrected chi connectivity index (χ2v) is 6.63. The molecule has 1 aliphatic rings. The Bertz CT molecular complexity index is 833. The molecule has 24 heavy (non-hydrogen) atoms. The van der Waals surface area contributed by atoms with Crippen LogP contribution >= 0.6 is 23.2 Å². The fraction of sp³-hybridized carbons (Fsp3) is 0.312. The number of nitrogens with zero attached hydrogens (tertiary/aromatic N) is 2. The van der Waals surface area contributed by atoms with Gasteiger partial charge in [0.1, 0.15) is 5.82 Å². The van der Waals surface area contributed by atoms with E-state index in [1.54, 1.807) is 5.01 Å². The van der Waals surface area contributed by atoms with E-state index in [1.165, 1.54) is 12.1 Å². The summed E-state index contributed by atoms with van der Waals surface area (Å²) >= 11 is 12.0. The highest BCUT2D eigenvalue weighted by Crippen LogP contribution is 2.39. The summed E-state index contributed by atoms with van der Waals surface area (Å²) in [4.78, 5) is 4.22. The van der Waals surface area contributed by atoms with Crippen molar-refractivity contribution in [3.63, 3.8) is 0 Å². The first-order valence-electron chi connectivity index (χ1n) is 7.24. The SMILES string of the molecule is CC1=CN(Nc2cc(C(F)(F)F)c3ccc(Cl)c(Cl)c3n2)CC1C. The minimum atomic E-state index is -4.53. The summed E-state index contributed by atoms with van der Waals surface area (Å²) < 4.78 is 40.2. The van der Waals surface area contributed by atoms with E-state index in [9.17, 15) is 13.2 Å². The maximum Gasteiger partial charge on any atom is 0.417 e. The van der Waals surface area contributed by atoms with Gasteiger partial charge in [-0.3, -0.25) is 10.4 Å². The fourth-order valence-corrected chi connectivity index (χ4v) is 2.97. The molecule has 1 unspecified atom stereocenters. The maximum absolute atomic E-state index is 13.4. The van der Waals surface area contributed by atoms with Crippen molar-refractivity contribution in [3.8, 4) is 0 Å². The van der Waals surface area contributed by atoms with Crippen LogP contribution in [-0.2, 0) is 6.18 Å². The van der Waals surface area contributed by atoms with E-state index in [-0.39, 0.29) is 26.8 Å². The number of alkyl halides is 3. The lowest BCUT2D eigenvalue weighted by atomic mass is 10.1. The van der Waals surface area contributed by atoms with Gasteiger partial charge in [-0.2, -0.15) is 13.2 Å². The average Bonchev–Trinajstić information content (AvgIpc) is 2.80. The number of rotatable bonds is 2. The summed E-state index contributed by atoms with van der Waals surface area (Å²) in [5.41, 5.74) is 3.25. The normalized spacial score (nSPS) is 18.2. The standard InChI is InChI=1S/C16H14Cl2F3N3/c1-8-6-24(7-9(8)2)23-13-5-11(16(19,20)21)10-3-4-12(17)14(18)15(10)22-13/h3-6,9H,7H2,1-2H3,(H,22,23). The molecule has 2 heterocycles. The van der Waals surface area contributed by atoms with Crippen LogP contribution in [0.3, 0.4) is 0 Å². The number of nitrogens with one attached hydrogen (secondary N) is 1. The Morgan fingerprint density at radius 2 is 2.00 bits per heavy atom. The van der Waals surface area contributed by atoms with Crippen LogP contribution in [0.25, 0.3) is 10.9 Å². The van der Waals surface area contributed by atoms with Crippen LogP contribution in [0.15, 0.2) is 30.0 Å². The molecular weight excluding hydrogens is 362 g/mol. The third-order valence-corrected chi connectivity index (χ3v) is 4.84. The molecule has 3 rings (SSSR count). The first-order valence-corrected chi connectivity index (χ1v) is 8.00. The zero-order chi connectivity index (χ0) is 17.6. The molecule has 0 radical (unpaired) electrons. The third kappa shape index (κ3) is 3.13. The Kier molecular flexibility index (Phi) is 4.30. The van der Waals surface area contributed by atoms with Crippen molar-refractivity contribution < 1.29 is 13.2 Å². The molecule has 0 amide bonds. The predicted molar refractivity (Wildman–Crippen MR) is 90.0 cm³/mol. The largest absolute Gasteiger partial charge is 0.417 e. The molecule has 2 aromatic rings. The molecule has 0 aliphatic carbocycles. The number of anilines is 1. The quantitative estimate of drug-likeness (QED) is 0.724. The van der Waals surface area contributed by atoms with Crippen molar-refractivity contribution in [2.45, 2.75) is 20.0 Å². The van der Waals surface area contributed by atoms with E-state index < -0.39 is 11.7 Å². The van der Waals surface area contributed by atoms with Crippen molar-refractivity contribution in [3.05, 3.63) is 45.6 Å². The number of hydrogen-bond donors (Lipinski definition) is 1. The van der Waals surface area contributed by atoms with Gasteiger partial charge in [-0.25, -0.2) is 4.98 Å². The molecule has 1 aliphatic heterocycles. The Balaban J connectivity index is 2.11. The van der Waals surface area contributed by atoms with Crippen LogP contribution in [0.4, 0.5) is 19.0 Å². The summed E-state index contributed by atoms with van der Waals surface area (Å²) in [5, 5.41) is 1.80. The van der Waals surface area contributed by atoms with Gasteiger partial charge in [0.05, 0.1) is 21.1 Å². The number of fused-ring (bicyclic) bond motifs is 1. The van der Waals surface area contributed by atoms with Crippen LogP contribution in [0.2, 0.25) is 10.0 Å². The second kappa shape index (κ2) is 6.01. The Morgan fingerprint density at radius 3 is 2.58 bits per heavy atom. The summed E-state index contributed by atoms with van der Waals surface area (Å²) in [7, 11) is 0. The topological polar surface area (TPSA) is 28.2 Å². The van der Waals surface area contributed by atoms with Crippen LogP contribution in [-0.4, -0.2) is 16.5 Å². The summed E-state index contributed by atoms with van der Waals surface area (Å²) in [6.07, 6.45) is -2.68. The van der Waals surface area contributed by atoms with Crippen LogP contribution < -0.4 is 5.43 Å². The molecule has 1 N–H and O–H groups in total. The number of hydrogen-bond acceptors (Lipinski definition) is 3. The van der Waals surface area contributed by atoms with Gasteiger partial charge in [0.15, 0.2) is 0 Å². The van der Waals surface area contributed by atoms with Gasteiger partial charge in [-0.05, 0) is 25.0 Å². The van der Waals surface area contributed by atoms with Crippen LogP contribution in [0.1, 0.15) is 19.4 Å². The molecule has 0 saturated heterocycles. The van der Waals surface area contributed by atoms with Gasteiger partial charge in [0, 0.05) is 18.1 Å². The molecule has 0 fully saturated rings. The van der Waals surface area contributed by atoms with Crippen molar-refractivity contribution >= 4 is 39.9 Å². The minimum Gasteiger partial charge on any atom is -0.293 e. The lowest BCUT2D eigenvalue weighted by Gasteiger charge is -2.20. The molecule has 1 aromatic carbocycles. The van der Waals surface area contributed by atoms with Gasteiger partial charge in [-0.1, -0.05) is 41.8 Å². The van der Waals surface area contributed by atoms with Gasteiger partial charge < -0.3 is 0 Å². The van der Waals surface area contributed by atoms with E-state index in [1.807, 2.05) is 20.0 Å². The van der Waals surface area contributed by atoms with Gasteiger partial charge >= 0.3 is 6.18 Å². The molecule has 0 spiro atoms. The number of halogens is 5. The van der Waals surface area contributed by atoms with Crippen molar-refractivity contribution in [1.29, 1.82) is 0 Å². The van der Waals surface area contributed by atoms with Crippen molar-refractivity contribution in [2.24, 2.45) is 5.92 Å². The third-order valence-electron chi connectivity index (χ3n) is 4.04. The molecule has 0 saturated carbocycles. The smallest absolute Gasteiger partial charge is 0.293 e. The Hall–Kier alpha value is -1.66. The average molecular weight is 376 g/mol. The highest BCUT2D eigenvalue weighted by atomic mass is 35.5. The first-order chi connectivity index (χ1) is 11.2. The molecule has 1 atom stereocenters. The number of benzene rings is 1. The maximum atomic E-state index is 13.4. The first kappa shape index (κ1) is 17.2. The molecule has 8 heteroatoms. The van der Waals surface area contributed by atoms with Gasteiger partial charge in [-0.15, -0.1) is 0 Å². The van der Waals surface area contributed by atoms with E-state index in [0.29, 0.717) is 12.5 Å². The Labute approximate surface area is 147 Å². The molecule has 3 nitrogen and oxygen atoms in total. The minimum absolute atomic E-state index is 0.00447. The zero-order valence-corrected chi connectivity index (χ0v) is 14.4. The zero-order valence-electron chi connectivity index (χ0n) is 12.9. The molecule has 0 bridgehead atoms. The van der Waals surface area contributed by atoms with Crippen LogP contribution in [0.5, 0.6) is 0 Å². The lowest BCUT2D eigenvalue weighted by Crippen LogP contribution is -2.25. The highest BCUT2D eigenvalue weighted by molar-refractivity contribution is 6.45. The monoisotopic (exact) mass is 375 g/mol. The van der Waals surface area contributed by atoms with Gasteiger partial charge in [0.2, 0.25) is 0 Å².